The van der Waals surface area contributed by atoms with Crippen LogP contribution >= 0.6 is 23.1 Å². The van der Waals surface area contributed by atoms with E-state index in [1.165, 1.54) is 10.4 Å². The summed E-state index contributed by atoms with van der Waals surface area (Å²) in [5.74, 6) is 2.48. The van der Waals surface area contributed by atoms with E-state index in [4.69, 9.17) is 4.74 Å². The molecule has 8 heteroatoms. The van der Waals surface area contributed by atoms with Crippen molar-refractivity contribution in [3.8, 4) is 5.75 Å². The Labute approximate surface area is 177 Å². The number of aromatic nitrogens is 2. The monoisotopic (exact) mass is 429 g/mol. The van der Waals surface area contributed by atoms with E-state index in [0.29, 0.717) is 35.2 Å². The Morgan fingerprint density at radius 1 is 1.38 bits per heavy atom. The molecule has 0 unspecified atom stereocenters. The summed E-state index contributed by atoms with van der Waals surface area (Å²) in [5.41, 5.74) is 2.90. The lowest BCUT2D eigenvalue weighted by atomic mass is 10.2. The molecule has 6 nitrogen and oxygen atoms in total. The highest BCUT2D eigenvalue weighted by Crippen LogP contribution is 2.34. The summed E-state index contributed by atoms with van der Waals surface area (Å²) in [5, 5.41) is 3.69. The molecule has 152 valence electrons. The zero-order chi connectivity index (χ0) is 20.4. The number of hydrogen-bond donors (Lipinski definition) is 2. The first-order valence-corrected chi connectivity index (χ1v) is 11.6. The Kier molecular flexibility index (Phi) is 5.91. The summed E-state index contributed by atoms with van der Waals surface area (Å²) in [6.07, 6.45) is 3.54. The number of nitrogens with one attached hydrogen (secondary N) is 2. The van der Waals surface area contributed by atoms with Crippen molar-refractivity contribution in [2.24, 2.45) is 0 Å². The molecular weight excluding hydrogens is 406 g/mol. The molecule has 0 radical (unpaired) electrons. The minimum atomic E-state index is -0.0620. The van der Waals surface area contributed by atoms with Crippen molar-refractivity contribution in [3.05, 3.63) is 50.4 Å². The molecule has 3 aromatic rings. The van der Waals surface area contributed by atoms with Gasteiger partial charge in [0.15, 0.2) is 0 Å². The number of carbonyl (C=O) groups is 1. The smallest absolute Gasteiger partial charge is 0.259 e. The molecule has 0 saturated carbocycles. The molecule has 0 fully saturated rings. The fraction of sp³-hybridized carbons (Fsp3) is 0.381. The number of hydrogen-bond acceptors (Lipinski definition) is 6. The number of aryl methyl sites for hydroxylation is 3. The van der Waals surface area contributed by atoms with Gasteiger partial charge in [-0.15, -0.1) is 11.3 Å². The second kappa shape index (κ2) is 8.59. The summed E-state index contributed by atoms with van der Waals surface area (Å²) >= 11 is 3.23. The average molecular weight is 430 g/mol. The molecule has 29 heavy (non-hydrogen) atoms. The van der Waals surface area contributed by atoms with Crippen LogP contribution in [0.15, 0.2) is 23.0 Å². The number of methoxy groups -OCH3 is 1. The van der Waals surface area contributed by atoms with Crippen molar-refractivity contribution < 1.29 is 9.53 Å². The molecule has 0 bridgehead atoms. The third kappa shape index (κ3) is 4.33. The van der Waals surface area contributed by atoms with Crippen LogP contribution in [0.2, 0.25) is 0 Å². The number of carbonyl (C=O) groups excluding carboxylic acids is 1. The number of rotatable bonds is 7. The van der Waals surface area contributed by atoms with Crippen LogP contribution in [0.1, 0.15) is 34.7 Å². The number of aromatic amines is 1. The number of thioether (sulfide) groups is 1. The molecule has 4 rings (SSSR count). The molecule has 1 amide bonds. The van der Waals surface area contributed by atoms with Gasteiger partial charge >= 0.3 is 0 Å². The average Bonchev–Trinajstić information content (AvgIpc) is 3.26. The van der Waals surface area contributed by atoms with Crippen molar-refractivity contribution in [1.29, 1.82) is 0 Å². The van der Waals surface area contributed by atoms with Crippen LogP contribution in [0.25, 0.3) is 10.2 Å². The van der Waals surface area contributed by atoms with E-state index >= 15 is 0 Å². The molecule has 0 atom stereocenters. The number of amides is 1. The molecule has 2 heterocycles. The highest BCUT2D eigenvalue weighted by atomic mass is 32.2. The fourth-order valence-electron chi connectivity index (χ4n) is 3.58. The van der Waals surface area contributed by atoms with E-state index in [-0.39, 0.29) is 11.5 Å². The Bertz CT molecular complexity index is 1120. The maximum atomic E-state index is 12.5. The Morgan fingerprint density at radius 3 is 3.07 bits per heavy atom. The van der Waals surface area contributed by atoms with Crippen molar-refractivity contribution in [1.82, 2.24) is 9.97 Å². The molecule has 1 aliphatic rings. The maximum absolute atomic E-state index is 12.5. The van der Waals surface area contributed by atoms with Gasteiger partial charge in [-0.3, -0.25) is 9.59 Å². The fourth-order valence-corrected chi connectivity index (χ4v) is 5.67. The number of benzene rings is 1. The van der Waals surface area contributed by atoms with E-state index < -0.39 is 0 Å². The van der Waals surface area contributed by atoms with Gasteiger partial charge in [0.2, 0.25) is 5.91 Å². The largest absolute Gasteiger partial charge is 0.495 e. The van der Waals surface area contributed by atoms with Crippen molar-refractivity contribution in [3.63, 3.8) is 0 Å². The van der Waals surface area contributed by atoms with Crippen LogP contribution in [-0.2, 0) is 23.4 Å². The van der Waals surface area contributed by atoms with Crippen molar-refractivity contribution >= 4 is 44.9 Å². The number of anilines is 1. The number of H-pyrrole nitrogens is 1. The maximum Gasteiger partial charge on any atom is 0.259 e. The van der Waals surface area contributed by atoms with Crippen molar-refractivity contribution in [2.75, 3.05) is 18.2 Å². The zero-order valence-electron chi connectivity index (χ0n) is 16.5. The molecule has 0 spiro atoms. The summed E-state index contributed by atoms with van der Waals surface area (Å²) < 4.78 is 5.29. The number of fused-ring (bicyclic) bond motifs is 3. The molecular formula is C21H23N3O3S2. The molecule has 1 aromatic carbocycles. The van der Waals surface area contributed by atoms with Crippen LogP contribution < -0.4 is 15.6 Å². The summed E-state index contributed by atoms with van der Waals surface area (Å²) in [6, 6.07) is 5.68. The third-order valence-electron chi connectivity index (χ3n) is 4.97. The normalized spacial score (nSPS) is 12.9. The van der Waals surface area contributed by atoms with Crippen molar-refractivity contribution in [2.45, 2.75) is 38.4 Å². The van der Waals surface area contributed by atoms with Gasteiger partial charge < -0.3 is 15.0 Å². The first kappa shape index (κ1) is 20.0. The summed E-state index contributed by atoms with van der Waals surface area (Å²) in [4.78, 5) is 34.5. The first-order valence-electron chi connectivity index (χ1n) is 9.61. The van der Waals surface area contributed by atoms with Gasteiger partial charge in [-0.05, 0) is 49.4 Å². The molecule has 2 aromatic heterocycles. The Morgan fingerprint density at radius 2 is 2.24 bits per heavy atom. The Balaban J connectivity index is 1.32. The van der Waals surface area contributed by atoms with Crippen LogP contribution in [0.5, 0.6) is 5.75 Å². The lowest BCUT2D eigenvalue weighted by Gasteiger charge is -2.11. The Hall–Kier alpha value is -2.32. The van der Waals surface area contributed by atoms with Gasteiger partial charge in [0, 0.05) is 17.1 Å². The topological polar surface area (TPSA) is 84.1 Å². The van der Waals surface area contributed by atoms with Crippen LogP contribution in [0, 0.1) is 6.92 Å². The minimum Gasteiger partial charge on any atom is -0.495 e. The molecule has 0 aliphatic heterocycles. The van der Waals surface area contributed by atoms with E-state index in [1.807, 2.05) is 25.1 Å². The number of ether oxygens (including phenoxy) is 1. The lowest BCUT2D eigenvalue weighted by Crippen LogP contribution is -2.14. The number of nitrogens with zero attached hydrogens (tertiary/aromatic N) is 1. The molecule has 2 N–H and O–H groups in total. The summed E-state index contributed by atoms with van der Waals surface area (Å²) in [6.45, 7) is 1.97. The second-order valence-electron chi connectivity index (χ2n) is 7.10. The predicted molar refractivity (Wildman–Crippen MR) is 119 cm³/mol. The van der Waals surface area contributed by atoms with Gasteiger partial charge in [-0.2, -0.15) is 11.8 Å². The van der Waals surface area contributed by atoms with Crippen LogP contribution in [0.3, 0.4) is 0 Å². The molecule has 1 aliphatic carbocycles. The van der Waals surface area contributed by atoms with Gasteiger partial charge in [-0.1, -0.05) is 6.07 Å². The highest BCUT2D eigenvalue weighted by molar-refractivity contribution is 7.98. The SMILES string of the molecule is COc1ccc(C)cc1NC(=O)CCSCc1nc2sc3c(c2c(=O)[nH]1)CCC3. The minimum absolute atomic E-state index is 0.0331. The zero-order valence-corrected chi connectivity index (χ0v) is 18.1. The standard InChI is InChI=1S/C21H23N3O3S2/c1-12-6-7-15(27-2)14(10-12)22-18(25)8-9-28-11-17-23-20(26)19-13-4-3-5-16(13)29-21(19)24-17/h6-7,10H,3-5,8-9,11H2,1-2H3,(H,22,25)(H,23,24,26). The van der Waals surface area contributed by atoms with E-state index in [2.05, 4.69) is 15.3 Å². The third-order valence-corrected chi connectivity index (χ3v) is 7.12. The van der Waals surface area contributed by atoms with Gasteiger partial charge in [0.05, 0.1) is 23.9 Å². The van der Waals surface area contributed by atoms with Crippen LogP contribution in [-0.4, -0.2) is 28.7 Å². The van der Waals surface area contributed by atoms with Gasteiger partial charge in [0.1, 0.15) is 16.4 Å². The number of thiophene rings is 1. The van der Waals surface area contributed by atoms with E-state index in [9.17, 15) is 9.59 Å². The quantitative estimate of drug-likeness (QED) is 0.554. The second-order valence-corrected chi connectivity index (χ2v) is 9.29. The van der Waals surface area contributed by atoms with E-state index in [1.54, 1.807) is 30.2 Å². The van der Waals surface area contributed by atoms with Gasteiger partial charge in [-0.25, -0.2) is 4.98 Å². The first-order chi connectivity index (χ1) is 14.0. The predicted octanol–water partition coefficient (Wildman–Crippen LogP) is 4.05. The van der Waals surface area contributed by atoms with E-state index in [0.717, 1.165) is 35.0 Å². The molecule has 0 saturated heterocycles. The highest BCUT2D eigenvalue weighted by Gasteiger charge is 2.21. The van der Waals surface area contributed by atoms with Gasteiger partial charge in [0.25, 0.3) is 5.56 Å². The summed E-state index contributed by atoms with van der Waals surface area (Å²) in [7, 11) is 1.59. The van der Waals surface area contributed by atoms with Crippen LogP contribution in [0.4, 0.5) is 5.69 Å². The lowest BCUT2D eigenvalue weighted by molar-refractivity contribution is -0.115.